The molecule has 2 aliphatic heterocycles. The van der Waals surface area contributed by atoms with Gasteiger partial charge in [-0.1, -0.05) is 95.7 Å². The van der Waals surface area contributed by atoms with E-state index in [4.69, 9.17) is 9.47 Å². The van der Waals surface area contributed by atoms with E-state index < -0.39 is 39.4 Å². The summed E-state index contributed by atoms with van der Waals surface area (Å²) in [5.41, 5.74) is 5.55. The topological polar surface area (TPSA) is 180 Å². The molecule has 21 heteroatoms. The maximum absolute atomic E-state index is 13.9. The number of carbonyl (C=O) groups is 4. The van der Waals surface area contributed by atoms with Gasteiger partial charge in [0.1, 0.15) is 28.6 Å². The van der Waals surface area contributed by atoms with Crippen LogP contribution in [0.3, 0.4) is 0 Å². The molecule has 4 amide bonds. The van der Waals surface area contributed by atoms with Crippen LogP contribution in [0.5, 0.6) is 0 Å². The molecular formula is C50H56F5N9O6S. The van der Waals surface area contributed by atoms with Gasteiger partial charge < -0.3 is 44.4 Å². The largest absolute Gasteiger partial charge is 0.453 e. The lowest BCUT2D eigenvalue weighted by molar-refractivity contribution is -0.136. The number of ether oxygens (including phenoxy) is 2. The lowest BCUT2D eigenvalue weighted by Crippen LogP contribution is -2.51. The summed E-state index contributed by atoms with van der Waals surface area (Å²) >= 11 is 0. The van der Waals surface area contributed by atoms with E-state index in [1.165, 1.54) is 14.2 Å². The number of aromatic nitrogens is 5. The van der Waals surface area contributed by atoms with Gasteiger partial charge in [-0.3, -0.25) is 9.59 Å². The maximum atomic E-state index is 13.9. The fourth-order valence-corrected chi connectivity index (χ4v) is 10.0. The summed E-state index contributed by atoms with van der Waals surface area (Å²) in [4.78, 5) is 68.9. The molecule has 0 aliphatic carbocycles. The van der Waals surface area contributed by atoms with Crippen molar-refractivity contribution >= 4 is 34.2 Å². The molecule has 2 fully saturated rings. The number of aromatic amines is 2. The first-order chi connectivity index (χ1) is 33.5. The molecule has 6 aromatic rings. The standard InChI is InChI=1S/C50H56F5N9O6S/c1-29(2)43(60-49(67)69-5)47(65)62-25-7-9-41(62)45-56-27-37(58-45)31-11-15-33(16-12-31)39-23-24-40(64(39)35-19-21-36(22-20-35)71(51,52,53,54)55)34-17-13-32(14-18-34)38-28-57-46(59-38)42-10-8-26-63(42)48(66)44(30(3)4)61-50(68)70-6/h11-24,27-30,41-44H,7-10,25-26H2,1-6H3,(H,56,58)(H,57,59)(H,60,67)(H,61,68)/t41-,42-,43-,44-/m0/s1. The van der Waals surface area contributed by atoms with Crippen LogP contribution in [0.25, 0.3) is 50.7 Å². The third kappa shape index (κ3) is 10.6. The molecule has 0 saturated carbocycles. The summed E-state index contributed by atoms with van der Waals surface area (Å²) in [5, 5.41) is 5.30. The van der Waals surface area contributed by atoms with Crippen LogP contribution in [-0.2, 0) is 19.1 Å². The lowest BCUT2D eigenvalue weighted by atomic mass is 10.0. The number of carbonyl (C=O) groups excluding carboxylic acids is 4. The highest BCUT2D eigenvalue weighted by Crippen LogP contribution is 3.02. The molecule has 2 aliphatic rings. The van der Waals surface area contributed by atoms with E-state index in [-0.39, 0.29) is 41.4 Å². The highest BCUT2D eigenvalue weighted by molar-refractivity contribution is 8.45. The zero-order valence-corrected chi connectivity index (χ0v) is 40.7. The summed E-state index contributed by atoms with van der Waals surface area (Å²) in [6.45, 7) is 8.34. The van der Waals surface area contributed by atoms with Gasteiger partial charge in [0.25, 0.3) is 0 Å². The van der Waals surface area contributed by atoms with Crippen LogP contribution in [0.1, 0.15) is 77.1 Å². The molecule has 8 rings (SSSR count). The first kappa shape index (κ1) is 50.2. The van der Waals surface area contributed by atoms with Crippen LogP contribution in [0, 0.1) is 11.8 Å². The van der Waals surface area contributed by atoms with E-state index >= 15 is 0 Å². The summed E-state index contributed by atoms with van der Waals surface area (Å²) in [7, 11) is -7.49. The van der Waals surface area contributed by atoms with Gasteiger partial charge >= 0.3 is 22.4 Å². The van der Waals surface area contributed by atoms with Crippen LogP contribution in [0.4, 0.5) is 29.0 Å². The van der Waals surface area contributed by atoms with Gasteiger partial charge in [0.05, 0.1) is 61.5 Å². The van der Waals surface area contributed by atoms with E-state index in [9.17, 15) is 38.6 Å². The number of hydrogen-bond donors (Lipinski definition) is 4. The molecule has 3 aromatic carbocycles. The second-order valence-electron chi connectivity index (χ2n) is 18.5. The summed E-state index contributed by atoms with van der Waals surface area (Å²) in [5.74, 6) is 0.303. The Labute approximate surface area is 407 Å². The molecule has 15 nitrogen and oxygen atoms in total. The van der Waals surface area contributed by atoms with Crippen LogP contribution in [0.15, 0.2) is 102 Å². The molecule has 71 heavy (non-hydrogen) atoms. The van der Waals surface area contributed by atoms with Crippen LogP contribution >= 0.6 is 10.2 Å². The molecule has 3 aromatic heterocycles. The number of H-pyrrole nitrogens is 2. The Morgan fingerprint density at radius 3 is 1.32 bits per heavy atom. The average molecular weight is 1010 g/mol. The summed E-state index contributed by atoms with van der Waals surface area (Å²) in [6, 6.07) is 18.9. The SMILES string of the molecule is COC(=O)N[C@H](C(=O)N1CCC[C@H]1c1ncc(-c2ccc(-c3ccc(-c4ccc(-c5cnc([C@@H]6CCCN6C(=O)[C@@H](NC(=O)OC)C(C)C)[nH]5)cc4)n3-c3ccc(S(F)(F)(F)(F)F)cc3)cc2)[nH]1)C(C)C. The highest BCUT2D eigenvalue weighted by Gasteiger charge is 2.65. The number of nitrogens with one attached hydrogen (secondary N) is 4. The minimum atomic E-state index is -9.97. The Hall–Kier alpha value is -7.16. The van der Waals surface area contributed by atoms with E-state index in [1.807, 2.05) is 76.2 Å². The quantitative estimate of drug-likeness (QED) is 0.0778. The molecule has 4 N–H and O–H groups in total. The van der Waals surface area contributed by atoms with Gasteiger partial charge in [0.2, 0.25) is 11.8 Å². The molecule has 5 heterocycles. The van der Waals surface area contributed by atoms with Gasteiger partial charge in [-0.15, -0.1) is 0 Å². The van der Waals surface area contributed by atoms with E-state index in [0.29, 0.717) is 83.6 Å². The van der Waals surface area contributed by atoms with Gasteiger partial charge in [-0.2, -0.15) is 0 Å². The first-order valence-electron chi connectivity index (χ1n) is 23.2. The highest BCUT2D eigenvalue weighted by atomic mass is 32.5. The summed E-state index contributed by atoms with van der Waals surface area (Å²) < 4.78 is 80.7. The maximum Gasteiger partial charge on any atom is 0.407 e. The van der Waals surface area contributed by atoms with Crippen molar-refractivity contribution in [3.05, 3.63) is 109 Å². The normalized spacial score (nSPS) is 18.0. The average Bonchev–Trinajstić information content (AvgIpc) is 4.21. The molecule has 0 unspecified atom stereocenters. The Balaban J connectivity index is 1.06. The smallest absolute Gasteiger partial charge is 0.407 e. The summed E-state index contributed by atoms with van der Waals surface area (Å²) in [6.07, 6.45) is 4.77. The van der Waals surface area contributed by atoms with Crippen molar-refractivity contribution in [2.75, 3.05) is 27.3 Å². The number of amides is 4. The number of benzene rings is 3. The van der Waals surface area contributed by atoms with E-state index in [2.05, 4.69) is 30.6 Å². The van der Waals surface area contributed by atoms with Crippen LogP contribution < -0.4 is 10.6 Å². The minimum Gasteiger partial charge on any atom is -0.453 e. The fraction of sp³-hybridized carbons (Fsp3) is 0.360. The van der Waals surface area contributed by atoms with Crippen LogP contribution in [0.2, 0.25) is 0 Å². The Morgan fingerprint density at radius 2 is 0.972 bits per heavy atom. The van der Waals surface area contributed by atoms with Crippen molar-refractivity contribution in [2.45, 2.75) is 82.4 Å². The van der Waals surface area contributed by atoms with Crippen molar-refractivity contribution in [2.24, 2.45) is 11.8 Å². The Morgan fingerprint density at radius 1 is 0.592 bits per heavy atom. The number of methoxy groups -OCH3 is 2. The van der Waals surface area contributed by atoms with Crippen molar-refractivity contribution in [3.63, 3.8) is 0 Å². The predicted octanol–water partition coefficient (Wildman–Crippen LogP) is 11.3. The minimum absolute atomic E-state index is 0.196. The lowest BCUT2D eigenvalue weighted by Gasteiger charge is -2.40. The number of halogens is 5. The van der Waals surface area contributed by atoms with Crippen molar-refractivity contribution in [3.8, 4) is 50.7 Å². The molecule has 0 spiro atoms. The number of nitrogens with zero attached hydrogens (tertiary/aromatic N) is 5. The Kier molecular flexibility index (Phi) is 13.4. The molecule has 0 bridgehead atoms. The zero-order valence-electron chi connectivity index (χ0n) is 39.9. The third-order valence-electron chi connectivity index (χ3n) is 13.1. The van der Waals surface area contributed by atoms with Gasteiger partial charge in [0.15, 0.2) is 0 Å². The number of imidazole rings is 2. The molecule has 2 saturated heterocycles. The number of alkyl carbamates (subject to hydrolysis) is 2. The molecule has 0 radical (unpaired) electrons. The van der Waals surface area contributed by atoms with Gasteiger partial charge in [0, 0.05) is 18.8 Å². The Bertz CT molecular complexity index is 2760. The molecule has 4 atom stereocenters. The molecule has 378 valence electrons. The van der Waals surface area contributed by atoms with Gasteiger partial charge in [-0.25, -0.2) is 19.6 Å². The fourth-order valence-electron chi connectivity index (χ4n) is 9.35. The number of hydrogen-bond acceptors (Lipinski definition) is 8. The van der Waals surface area contributed by atoms with E-state index in [1.54, 1.807) is 38.9 Å². The third-order valence-corrected chi connectivity index (χ3v) is 14.2. The second-order valence-corrected chi connectivity index (χ2v) is 20.9. The zero-order chi connectivity index (χ0) is 51.1. The number of rotatable bonds is 14. The second kappa shape index (κ2) is 18.9. The first-order valence-corrected chi connectivity index (χ1v) is 25.2. The monoisotopic (exact) mass is 1010 g/mol. The molecular weight excluding hydrogens is 950 g/mol. The van der Waals surface area contributed by atoms with Crippen molar-refractivity contribution < 1.29 is 48.1 Å². The number of likely N-dealkylation sites (tertiary alicyclic amines) is 2. The van der Waals surface area contributed by atoms with Gasteiger partial charge in [-0.05, 0) is 96.2 Å². The van der Waals surface area contributed by atoms with Crippen molar-refractivity contribution in [1.29, 1.82) is 0 Å². The van der Waals surface area contributed by atoms with Crippen molar-refractivity contribution in [1.82, 2.24) is 44.9 Å². The van der Waals surface area contributed by atoms with Crippen LogP contribution in [-0.4, -0.2) is 97.7 Å². The predicted molar refractivity (Wildman–Crippen MR) is 259 cm³/mol. The van der Waals surface area contributed by atoms with E-state index in [0.717, 1.165) is 36.1 Å².